The Morgan fingerprint density at radius 1 is 1.16 bits per heavy atom. The number of ketones is 1. The van der Waals surface area contributed by atoms with Crippen molar-refractivity contribution in [2.24, 2.45) is 11.8 Å². The van der Waals surface area contributed by atoms with E-state index >= 15 is 0 Å². The molecule has 2 aliphatic carbocycles. The smallest absolute Gasteiger partial charge is 0.169 e. The molecule has 1 saturated carbocycles. The topological polar surface area (TPSA) is 42.9 Å². The lowest BCUT2D eigenvalue weighted by atomic mass is 9.92. The molecular formula is C16H14N2O. The van der Waals surface area contributed by atoms with Gasteiger partial charge in [-0.15, -0.1) is 0 Å². The molecule has 2 aromatic rings. The van der Waals surface area contributed by atoms with Gasteiger partial charge in [-0.3, -0.25) is 4.79 Å². The molecule has 0 saturated heterocycles. The second-order valence-electron chi connectivity index (χ2n) is 5.44. The van der Waals surface area contributed by atoms with Gasteiger partial charge in [0.25, 0.3) is 0 Å². The highest BCUT2D eigenvalue weighted by atomic mass is 16.1. The van der Waals surface area contributed by atoms with Gasteiger partial charge in [-0.25, -0.2) is 9.97 Å². The summed E-state index contributed by atoms with van der Waals surface area (Å²) in [5.41, 5.74) is 3.46. The van der Waals surface area contributed by atoms with Gasteiger partial charge in [0.1, 0.15) is 6.33 Å². The fourth-order valence-corrected chi connectivity index (χ4v) is 3.54. The zero-order valence-corrected chi connectivity index (χ0v) is 10.5. The fraction of sp³-hybridized carbons (Fsp3) is 0.312. The number of carbonyl (C=O) groups excluding carboxylic acids is 1. The quantitative estimate of drug-likeness (QED) is 0.769. The Bertz CT molecular complexity index is 638. The third-order valence-electron chi connectivity index (χ3n) is 4.48. The lowest BCUT2D eigenvalue weighted by Crippen LogP contribution is -2.05. The maximum atomic E-state index is 12.5. The first kappa shape index (κ1) is 10.9. The van der Waals surface area contributed by atoms with Crippen molar-refractivity contribution in [3.8, 4) is 0 Å². The van der Waals surface area contributed by atoms with Gasteiger partial charge < -0.3 is 0 Å². The summed E-state index contributed by atoms with van der Waals surface area (Å²) in [6, 6.07) is 8.54. The maximum absolute atomic E-state index is 12.5. The van der Waals surface area contributed by atoms with Crippen LogP contribution in [0.3, 0.4) is 0 Å². The van der Waals surface area contributed by atoms with Crippen molar-refractivity contribution >= 4 is 5.78 Å². The van der Waals surface area contributed by atoms with Crippen molar-refractivity contribution in [1.82, 2.24) is 9.97 Å². The van der Waals surface area contributed by atoms with Crippen LogP contribution in [0.4, 0.5) is 0 Å². The van der Waals surface area contributed by atoms with E-state index in [1.165, 1.54) is 17.5 Å². The van der Waals surface area contributed by atoms with Gasteiger partial charge in [0, 0.05) is 18.3 Å². The van der Waals surface area contributed by atoms with Gasteiger partial charge in [-0.1, -0.05) is 24.3 Å². The minimum Gasteiger partial charge on any atom is -0.294 e. The SMILES string of the molecule is O=C(c1cncnc1)C1C2CCc3ccccc3C21. The molecule has 2 aliphatic rings. The normalized spacial score (nSPS) is 27.3. The van der Waals surface area contributed by atoms with Crippen LogP contribution in [0.5, 0.6) is 0 Å². The molecule has 0 N–H and O–H groups in total. The number of nitrogens with zero attached hydrogens (tertiary/aromatic N) is 2. The highest BCUT2D eigenvalue weighted by molar-refractivity contribution is 6.00. The number of aryl methyl sites for hydroxylation is 1. The van der Waals surface area contributed by atoms with Crippen LogP contribution >= 0.6 is 0 Å². The van der Waals surface area contributed by atoms with Crippen LogP contribution in [0.15, 0.2) is 43.0 Å². The van der Waals surface area contributed by atoms with Crippen LogP contribution in [-0.2, 0) is 6.42 Å². The largest absolute Gasteiger partial charge is 0.294 e. The Hall–Kier alpha value is -2.03. The van der Waals surface area contributed by atoms with Gasteiger partial charge in [0.05, 0.1) is 5.56 Å². The van der Waals surface area contributed by atoms with E-state index in [1.807, 2.05) is 0 Å². The Morgan fingerprint density at radius 2 is 1.95 bits per heavy atom. The predicted molar refractivity (Wildman–Crippen MR) is 70.8 cm³/mol. The Kier molecular flexibility index (Phi) is 2.28. The van der Waals surface area contributed by atoms with E-state index in [0.29, 0.717) is 17.4 Å². The number of benzene rings is 1. The van der Waals surface area contributed by atoms with E-state index in [9.17, 15) is 4.79 Å². The number of aromatic nitrogens is 2. The van der Waals surface area contributed by atoms with Crippen molar-refractivity contribution in [3.63, 3.8) is 0 Å². The van der Waals surface area contributed by atoms with Crippen LogP contribution < -0.4 is 0 Å². The molecule has 3 atom stereocenters. The first-order chi connectivity index (χ1) is 9.36. The summed E-state index contributed by atoms with van der Waals surface area (Å²) < 4.78 is 0. The molecule has 0 aliphatic heterocycles. The standard InChI is InChI=1S/C16H14N2O/c19-16(11-7-17-9-18-8-11)15-13-6-5-10-3-1-2-4-12(10)14(13)15/h1-4,7-9,13-15H,5-6H2. The monoisotopic (exact) mass is 250 g/mol. The summed E-state index contributed by atoms with van der Waals surface area (Å²) in [6.45, 7) is 0. The fourth-order valence-electron chi connectivity index (χ4n) is 3.54. The molecule has 19 heavy (non-hydrogen) atoms. The summed E-state index contributed by atoms with van der Waals surface area (Å²) in [5, 5.41) is 0. The first-order valence-electron chi connectivity index (χ1n) is 6.73. The summed E-state index contributed by atoms with van der Waals surface area (Å²) in [7, 11) is 0. The van der Waals surface area contributed by atoms with Gasteiger partial charge in [-0.05, 0) is 35.8 Å². The molecule has 0 bridgehead atoms. The lowest BCUT2D eigenvalue weighted by molar-refractivity contribution is 0.0958. The molecule has 94 valence electrons. The van der Waals surface area contributed by atoms with Gasteiger partial charge in [0.15, 0.2) is 5.78 Å². The second kappa shape index (κ2) is 3.98. The number of Topliss-reactive ketones (excluding diaryl/α,β-unsaturated/α-hetero) is 1. The minimum absolute atomic E-state index is 0.148. The highest BCUT2D eigenvalue weighted by Gasteiger charge is 2.56. The van der Waals surface area contributed by atoms with Crippen LogP contribution in [0.2, 0.25) is 0 Å². The third-order valence-corrected chi connectivity index (χ3v) is 4.48. The van der Waals surface area contributed by atoms with Crippen LogP contribution in [0, 0.1) is 11.8 Å². The van der Waals surface area contributed by atoms with E-state index in [2.05, 4.69) is 34.2 Å². The molecule has 3 unspecified atom stereocenters. The third kappa shape index (κ3) is 1.61. The average Bonchev–Trinajstić information content (AvgIpc) is 3.22. The molecule has 0 radical (unpaired) electrons. The molecule has 3 nitrogen and oxygen atoms in total. The number of fused-ring (bicyclic) bond motifs is 3. The Balaban J connectivity index is 1.66. The number of rotatable bonds is 2. The molecule has 3 heteroatoms. The molecule has 1 heterocycles. The molecule has 0 amide bonds. The summed E-state index contributed by atoms with van der Waals surface area (Å²) in [4.78, 5) is 20.4. The second-order valence-corrected chi connectivity index (χ2v) is 5.44. The Morgan fingerprint density at radius 3 is 2.79 bits per heavy atom. The predicted octanol–water partition coefficient (Wildman–Crippen LogP) is 2.64. The van der Waals surface area contributed by atoms with Crippen LogP contribution in [0.1, 0.15) is 33.8 Å². The number of hydrogen-bond donors (Lipinski definition) is 0. The molecule has 4 rings (SSSR count). The number of carbonyl (C=O) groups is 1. The highest BCUT2D eigenvalue weighted by Crippen LogP contribution is 2.60. The van der Waals surface area contributed by atoms with Gasteiger partial charge in [0.2, 0.25) is 0 Å². The van der Waals surface area contributed by atoms with E-state index in [0.717, 1.165) is 12.8 Å². The van der Waals surface area contributed by atoms with E-state index in [4.69, 9.17) is 0 Å². The Labute approximate surface area is 111 Å². The summed E-state index contributed by atoms with van der Waals surface area (Å²) in [5.74, 6) is 1.32. The zero-order chi connectivity index (χ0) is 12.8. The van der Waals surface area contributed by atoms with E-state index < -0.39 is 0 Å². The minimum atomic E-state index is 0.148. The molecule has 1 aromatic heterocycles. The van der Waals surface area contributed by atoms with Crippen molar-refractivity contribution in [3.05, 3.63) is 59.7 Å². The van der Waals surface area contributed by atoms with Gasteiger partial charge in [-0.2, -0.15) is 0 Å². The molecule has 0 spiro atoms. The zero-order valence-electron chi connectivity index (χ0n) is 10.5. The maximum Gasteiger partial charge on any atom is 0.169 e. The summed E-state index contributed by atoms with van der Waals surface area (Å²) >= 11 is 0. The van der Waals surface area contributed by atoms with Crippen molar-refractivity contribution in [2.75, 3.05) is 0 Å². The molecule has 1 aromatic carbocycles. The molecule has 1 fully saturated rings. The molecular weight excluding hydrogens is 236 g/mol. The van der Waals surface area contributed by atoms with Crippen molar-refractivity contribution < 1.29 is 4.79 Å². The summed E-state index contributed by atoms with van der Waals surface area (Å²) in [6.07, 6.45) is 6.96. The van der Waals surface area contributed by atoms with E-state index in [1.54, 1.807) is 12.4 Å². The lowest BCUT2D eigenvalue weighted by Gasteiger charge is -2.13. The van der Waals surface area contributed by atoms with Crippen molar-refractivity contribution in [2.45, 2.75) is 18.8 Å². The van der Waals surface area contributed by atoms with Crippen molar-refractivity contribution in [1.29, 1.82) is 0 Å². The van der Waals surface area contributed by atoms with Crippen LogP contribution in [0.25, 0.3) is 0 Å². The van der Waals surface area contributed by atoms with Gasteiger partial charge >= 0.3 is 0 Å². The van der Waals surface area contributed by atoms with Crippen LogP contribution in [-0.4, -0.2) is 15.8 Å². The average molecular weight is 250 g/mol. The van der Waals surface area contributed by atoms with E-state index in [-0.39, 0.29) is 11.7 Å². The number of hydrogen-bond acceptors (Lipinski definition) is 3. The first-order valence-corrected chi connectivity index (χ1v) is 6.73.